The Kier molecular flexibility index (Phi) is 7.54. The summed E-state index contributed by atoms with van der Waals surface area (Å²) in [7, 11) is 3.57. The Balaban J connectivity index is 2.56. The molecule has 0 fully saturated rings. The summed E-state index contributed by atoms with van der Waals surface area (Å²) in [6.07, 6.45) is 0. The number of ether oxygens (including phenoxy) is 1. The molecule has 0 heterocycles. The fourth-order valence-electron chi connectivity index (χ4n) is 1.62. The molecule has 0 aromatic heterocycles. The van der Waals surface area contributed by atoms with Gasteiger partial charge in [0.2, 0.25) is 0 Å². The monoisotopic (exact) mass is 407 g/mol. The Labute approximate surface area is 136 Å². The van der Waals surface area contributed by atoms with Crippen molar-refractivity contribution in [3.63, 3.8) is 0 Å². The molecule has 0 saturated heterocycles. The number of rotatable bonds is 8. The van der Waals surface area contributed by atoms with Crippen molar-refractivity contribution < 1.29 is 14.5 Å². The maximum Gasteiger partial charge on any atom is 0.270 e. The molecule has 7 nitrogen and oxygen atoms in total. The number of halogens is 1. The highest BCUT2D eigenvalue weighted by Crippen LogP contribution is 2.19. The molecular weight excluding hydrogens is 389 g/mol. The first-order valence-electron chi connectivity index (χ1n) is 6.35. The number of nitro groups is 1. The number of non-ortho nitro benzene ring substituents is 1. The minimum atomic E-state index is -0.509. The van der Waals surface area contributed by atoms with Crippen molar-refractivity contribution in [1.82, 2.24) is 10.2 Å². The maximum atomic E-state index is 12.1. The van der Waals surface area contributed by atoms with Gasteiger partial charge in [0.1, 0.15) is 0 Å². The van der Waals surface area contributed by atoms with Crippen LogP contribution < -0.4 is 5.32 Å². The van der Waals surface area contributed by atoms with Gasteiger partial charge in [0.05, 0.1) is 17.1 Å². The van der Waals surface area contributed by atoms with E-state index in [4.69, 9.17) is 4.74 Å². The lowest BCUT2D eigenvalue weighted by Gasteiger charge is -2.16. The zero-order valence-corrected chi connectivity index (χ0v) is 14.1. The van der Waals surface area contributed by atoms with Gasteiger partial charge in [0.15, 0.2) is 0 Å². The number of carbonyl (C=O) groups excluding carboxylic acids is 1. The number of benzene rings is 1. The number of methoxy groups -OCH3 is 1. The summed E-state index contributed by atoms with van der Waals surface area (Å²) in [4.78, 5) is 24.3. The Hall–Kier alpha value is -1.26. The van der Waals surface area contributed by atoms with Crippen LogP contribution in [0, 0.1) is 13.7 Å². The number of carbonyl (C=O) groups is 1. The number of hydrogen-bond acceptors (Lipinski definition) is 5. The van der Waals surface area contributed by atoms with E-state index in [1.165, 1.54) is 12.1 Å². The average Bonchev–Trinajstić information content (AvgIpc) is 2.45. The Morgan fingerprint density at radius 2 is 2.19 bits per heavy atom. The van der Waals surface area contributed by atoms with Crippen LogP contribution in [0.15, 0.2) is 18.2 Å². The number of nitrogens with one attached hydrogen (secondary N) is 1. The second kappa shape index (κ2) is 8.90. The van der Waals surface area contributed by atoms with Gasteiger partial charge in [-0.3, -0.25) is 14.9 Å². The SMILES string of the molecule is COCCN(C)CCNC(=O)c1cc([N+](=O)[O-])ccc1I. The third kappa shape index (κ3) is 5.94. The van der Waals surface area contributed by atoms with Gasteiger partial charge in [-0.05, 0) is 35.7 Å². The highest BCUT2D eigenvalue weighted by Gasteiger charge is 2.15. The molecule has 0 bridgehead atoms. The quantitative estimate of drug-likeness (QED) is 0.401. The van der Waals surface area contributed by atoms with Gasteiger partial charge < -0.3 is 15.0 Å². The van der Waals surface area contributed by atoms with E-state index in [1.807, 2.05) is 34.5 Å². The van der Waals surface area contributed by atoms with Crippen LogP contribution in [-0.2, 0) is 4.74 Å². The highest BCUT2D eigenvalue weighted by atomic mass is 127. The minimum Gasteiger partial charge on any atom is -0.383 e. The molecule has 8 heteroatoms. The summed E-state index contributed by atoms with van der Waals surface area (Å²) in [5, 5.41) is 13.5. The maximum absolute atomic E-state index is 12.1. The van der Waals surface area contributed by atoms with Crippen molar-refractivity contribution in [3.05, 3.63) is 37.4 Å². The molecule has 0 spiro atoms. The third-order valence-corrected chi connectivity index (χ3v) is 3.80. The molecule has 1 N–H and O–H groups in total. The van der Waals surface area contributed by atoms with E-state index < -0.39 is 4.92 Å². The lowest BCUT2D eigenvalue weighted by Crippen LogP contribution is -2.34. The first kappa shape index (κ1) is 17.8. The van der Waals surface area contributed by atoms with Gasteiger partial charge in [-0.2, -0.15) is 0 Å². The van der Waals surface area contributed by atoms with Gasteiger partial charge in [-0.1, -0.05) is 0 Å². The second-order valence-electron chi connectivity index (χ2n) is 4.47. The van der Waals surface area contributed by atoms with Crippen LogP contribution in [0.2, 0.25) is 0 Å². The van der Waals surface area contributed by atoms with E-state index in [2.05, 4.69) is 5.32 Å². The van der Waals surface area contributed by atoms with E-state index in [9.17, 15) is 14.9 Å². The van der Waals surface area contributed by atoms with Crippen molar-refractivity contribution in [3.8, 4) is 0 Å². The molecule has 116 valence electrons. The summed E-state index contributed by atoms with van der Waals surface area (Å²) in [5.41, 5.74) is 0.238. The Morgan fingerprint density at radius 3 is 2.81 bits per heavy atom. The van der Waals surface area contributed by atoms with Gasteiger partial charge in [-0.15, -0.1) is 0 Å². The molecule has 1 rings (SSSR count). The summed E-state index contributed by atoms with van der Waals surface area (Å²) in [6.45, 7) is 2.56. The zero-order valence-electron chi connectivity index (χ0n) is 12.0. The van der Waals surface area contributed by atoms with Gasteiger partial charge in [0.25, 0.3) is 11.6 Å². The molecular formula is C13H18IN3O4. The summed E-state index contributed by atoms with van der Waals surface area (Å²) >= 11 is 1.99. The van der Waals surface area contributed by atoms with Crippen LogP contribution in [0.1, 0.15) is 10.4 Å². The van der Waals surface area contributed by atoms with E-state index in [0.717, 1.165) is 6.54 Å². The number of nitro benzene ring substituents is 1. The van der Waals surface area contributed by atoms with Crippen LogP contribution >= 0.6 is 22.6 Å². The molecule has 0 atom stereocenters. The normalized spacial score (nSPS) is 10.7. The smallest absolute Gasteiger partial charge is 0.270 e. The average molecular weight is 407 g/mol. The molecule has 1 aromatic rings. The van der Waals surface area contributed by atoms with E-state index >= 15 is 0 Å². The highest BCUT2D eigenvalue weighted by molar-refractivity contribution is 14.1. The number of amides is 1. The molecule has 0 saturated carbocycles. The van der Waals surface area contributed by atoms with Crippen LogP contribution in [0.5, 0.6) is 0 Å². The fraction of sp³-hybridized carbons (Fsp3) is 0.462. The fourth-order valence-corrected chi connectivity index (χ4v) is 2.20. The van der Waals surface area contributed by atoms with Crippen molar-refractivity contribution in [2.45, 2.75) is 0 Å². The molecule has 0 radical (unpaired) electrons. The van der Waals surface area contributed by atoms with Gasteiger partial charge >= 0.3 is 0 Å². The van der Waals surface area contributed by atoms with Crippen LogP contribution in [-0.4, -0.2) is 56.1 Å². The number of likely N-dealkylation sites (N-methyl/N-ethyl adjacent to an activating group) is 1. The van der Waals surface area contributed by atoms with Crippen LogP contribution in [0.25, 0.3) is 0 Å². The predicted molar refractivity (Wildman–Crippen MR) is 87.5 cm³/mol. The van der Waals surface area contributed by atoms with Crippen molar-refractivity contribution in [2.24, 2.45) is 0 Å². The number of nitrogens with zero attached hydrogens (tertiary/aromatic N) is 2. The lowest BCUT2D eigenvalue weighted by molar-refractivity contribution is -0.384. The molecule has 1 amide bonds. The van der Waals surface area contributed by atoms with Crippen molar-refractivity contribution >= 4 is 34.2 Å². The Morgan fingerprint density at radius 1 is 1.48 bits per heavy atom. The molecule has 0 aliphatic rings. The Bertz CT molecular complexity index is 510. The third-order valence-electron chi connectivity index (χ3n) is 2.86. The van der Waals surface area contributed by atoms with E-state index in [1.54, 1.807) is 13.2 Å². The lowest BCUT2D eigenvalue weighted by atomic mass is 10.2. The molecule has 21 heavy (non-hydrogen) atoms. The molecule has 0 aliphatic heterocycles. The number of hydrogen-bond donors (Lipinski definition) is 1. The summed E-state index contributed by atoms with van der Waals surface area (Å²) < 4.78 is 5.65. The second-order valence-corrected chi connectivity index (χ2v) is 5.64. The van der Waals surface area contributed by atoms with E-state index in [0.29, 0.717) is 28.8 Å². The molecule has 1 aromatic carbocycles. The first-order chi connectivity index (χ1) is 9.95. The van der Waals surface area contributed by atoms with Gasteiger partial charge in [-0.25, -0.2) is 0 Å². The van der Waals surface area contributed by atoms with Crippen LogP contribution in [0.4, 0.5) is 5.69 Å². The summed E-state index contributed by atoms with van der Waals surface area (Å²) in [5.74, 6) is -0.303. The molecule has 0 unspecified atom stereocenters. The summed E-state index contributed by atoms with van der Waals surface area (Å²) in [6, 6.07) is 4.25. The minimum absolute atomic E-state index is 0.0854. The van der Waals surface area contributed by atoms with Crippen LogP contribution in [0.3, 0.4) is 0 Å². The van der Waals surface area contributed by atoms with Gasteiger partial charge in [0, 0.05) is 42.4 Å². The van der Waals surface area contributed by atoms with E-state index in [-0.39, 0.29) is 11.6 Å². The predicted octanol–water partition coefficient (Wildman–Crippen LogP) is 1.51. The topological polar surface area (TPSA) is 84.7 Å². The first-order valence-corrected chi connectivity index (χ1v) is 7.43. The van der Waals surface area contributed by atoms with Crippen molar-refractivity contribution in [1.29, 1.82) is 0 Å². The standard InChI is InChI=1S/C13H18IN3O4/c1-16(7-8-21-2)6-5-15-13(18)11-9-10(17(19)20)3-4-12(11)14/h3-4,9H,5-8H2,1-2H3,(H,15,18). The largest absolute Gasteiger partial charge is 0.383 e. The zero-order chi connectivity index (χ0) is 15.8. The molecule has 0 aliphatic carbocycles. The van der Waals surface area contributed by atoms with Crippen molar-refractivity contribution in [2.75, 3.05) is 40.4 Å².